The number of halogens is 1. The first-order valence-corrected chi connectivity index (χ1v) is 12.2. The SMILES string of the molecule is CCCCOC(=O)c1cccc(N2C(=O)C(Cl)=C(Nc3cccc(C(=O)Nc4cccc(O)c4)c3)C2=O)c1. The molecule has 4 rings (SSSR count). The van der Waals surface area contributed by atoms with E-state index in [9.17, 15) is 24.3 Å². The van der Waals surface area contributed by atoms with Gasteiger partial charge >= 0.3 is 5.97 Å². The minimum Gasteiger partial charge on any atom is -0.508 e. The second-order valence-electron chi connectivity index (χ2n) is 8.38. The van der Waals surface area contributed by atoms with Gasteiger partial charge in [0.2, 0.25) is 0 Å². The number of carbonyl (C=O) groups is 4. The highest BCUT2D eigenvalue weighted by molar-refractivity contribution is 6.53. The molecule has 194 valence electrons. The number of hydrogen-bond acceptors (Lipinski definition) is 7. The van der Waals surface area contributed by atoms with Gasteiger partial charge in [-0.05, 0) is 55.0 Å². The van der Waals surface area contributed by atoms with Crippen molar-refractivity contribution in [2.24, 2.45) is 0 Å². The van der Waals surface area contributed by atoms with Crippen LogP contribution in [0.25, 0.3) is 0 Å². The Bertz CT molecular complexity index is 1450. The zero-order chi connectivity index (χ0) is 27.2. The maximum absolute atomic E-state index is 13.2. The lowest BCUT2D eigenvalue weighted by molar-refractivity contribution is -0.120. The molecule has 0 unspecified atom stereocenters. The van der Waals surface area contributed by atoms with Crippen LogP contribution in [0.5, 0.6) is 5.75 Å². The maximum Gasteiger partial charge on any atom is 0.338 e. The molecule has 0 radical (unpaired) electrons. The predicted molar refractivity (Wildman–Crippen MR) is 143 cm³/mol. The number of aromatic hydroxyl groups is 1. The molecular weight excluding hydrogens is 510 g/mol. The predicted octanol–water partition coefficient (Wildman–Crippen LogP) is 5.04. The van der Waals surface area contributed by atoms with Crippen molar-refractivity contribution in [1.29, 1.82) is 0 Å². The van der Waals surface area contributed by atoms with Gasteiger partial charge in [0.25, 0.3) is 17.7 Å². The van der Waals surface area contributed by atoms with E-state index in [2.05, 4.69) is 10.6 Å². The maximum atomic E-state index is 13.2. The Balaban J connectivity index is 1.50. The molecule has 1 aliphatic heterocycles. The van der Waals surface area contributed by atoms with Crippen molar-refractivity contribution in [3.63, 3.8) is 0 Å². The summed E-state index contributed by atoms with van der Waals surface area (Å²) in [5, 5.41) is 14.8. The standard InChI is InChI=1S/C28H24ClN3O6/c1-2-3-13-38-28(37)18-8-5-11-21(15-18)32-26(35)23(29)24(27(32)36)30-19-9-4-7-17(14-19)25(34)31-20-10-6-12-22(33)16-20/h4-12,14-16,30,33H,2-3,13H2,1H3,(H,31,34). The van der Waals surface area contributed by atoms with Crippen LogP contribution in [-0.2, 0) is 14.3 Å². The van der Waals surface area contributed by atoms with E-state index in [1.807, 2.05) is 6.92 Å². The summed E-state index contributed by atoms with van der Waals surface area (Å²) in [4.78, 5) is 52.0. The van der Waals surface area contributed by atoms with Crippen LogP contribution in [0.1, 0.15) is 40.5 Å². The number of ether oxygens (including phenoxy) is 1. The monoisotopic (exact) mass is 533 g/mol. The summed E-state index contributed by atoms with van der Waals surface area (Å²) in [6.45, 7) is 2.25. The summed E-state index contributed by atoms with van der Waals surface area (Å²) in [5.74, 6) is -2.47. The fourth-order valence-electron chi connectivity index (χ4n) is 3.68. The Kier molecular flexibility index (Phi) is 8.08. The van der Waals surface area contributed by atoms with Gasteiger partial charge in [-0.2, -0.15) is 0 Å². The second kappa shape index (κ2) is 11.6. The number of rotatable bonds is 9. The van der Waals surface area contributed by atoms with Gasteiger partial charge in [-0.1, -0.05) is 43.1 Å². The Hall–Kier alpha value is -4.63. The molecule has 0 saturated heterocycles. The molecule has 9 nitrogen and oxygen atoms in total. The summed E-state index contributed by atoms with van der Waals surface area (Å²) in [6, 6.07) is 18.3. The van der Waals surface area contributed by atoms with E-state index in [0.717, 1.165) is 17.7 Å². The third kappa shape index (κ3) is 5.84. The van der Waals surface area contributed by atoms with Crippen molar-refractivity contribution in [2.75, 3.05) is 22.1 Å². The lowest BCUT2D eigenvalue weighted by Gasteiger charge is -2.16. The van der Waals surface area contributed by atoms with Gasteiger partial charge in [0, 0.05) is 23.0 Å². The van der Waals surface area contributed by atoms with Gasteiger partial charge in [0.05, 0.1) is 17.9 Å². The minimum atomic E-state index is -0.756. The first kappa shape index (κ1) is 26.4. The van der Waals surface area contributed by atoms with Gasteiger partial charge in [0.15, 0.2) is 0 Å². The van der Waals surface area contributed by atoms with Gasteiger partial charge in [-0.25, -0.2) is 9.69 Å². The molecule has 0 atom stereocenters. The number of amides is 3. The van der Waals surface area contributed by atoms with Gasteiger partial charge in [0.1, 0.15) is 16.5 Å². The van der Waals surface area contributed by atoms with Crippen LogP contribution in [0.2, 0.25) is 0 Å². The molecule has 0 spiro atoms. The van der Waals surface area contributed by atoms with E-state index in [0.29, 0.717) is 11.4 Å². The zero-order valence-corrected chi connectivity index (χ0v) is 21.1. The van der Waals surface area contributed by atoms with Crippen LogP contribution in [0.15, 0.2) is 83.5 Å². The second-order valence-corrected chi connectivity index (χ2v) is 8.76. The summed E-state index contributed by atoms with van der Waals surface area (Å²) < 4.78 is 5.21. The Morgan fingerprint density at radius 3 is 2.39 bits per heavy atom. The van der Waals surface area contributed by atoms with Crippen molar-refractivity contribution >= 4 is 52.4 Å². The molecule has 0 aromatic heterocycles. The lowest BCUT2D eigenvalue weighted by Crippen LogP contribution is -2.32. The number of phenolic OH excluding ortho intramolecular Hbond substituents is 1. The van der Waals surface area contributed by atoms with Gasteiger partial charge in [-0.15, -0.1) is 0 Å². The van der Waals surface area contributed by atoms with Gasteiger partial charge < -0.3 is 20.5 Å². The average Bonchev–Trinajstić information content (AvgIpc) is 3.12. The van der Waals surface area contributed by atoms with Crippen molar-refractivity contribution in [2.45, 2.75) is 19.8 Å². The average molecular weight is 534 g/mol. The molecule has 0 aliphatic carbocycles. The van der Waals surface area contributed by atoms with Crippen LogP contribution in [-0.4, -0.2) is 35.4 Å². The van der Waals surface area contributed by atoms with Crippen molar-refractivity contribution < 1.29 is 29.0 Å². The van der Waals surface area contributed by atoms with E-state index < -0.39 is 23.7 Å². The quantitative estimate of drug-likeness (QED) is 0.200. The fraction of sp³-hybridized carbons (Fsp3) is 0.143. The van der Waals surface area contributed by atoms with Crippen LogP contribution in [0, 0.1) is 0 Å². The summed E-state index contributed by atoms with van der Waals surface area (Å²) in [6.07, 6.45) is 1.59. The summed E-state index contributed by atoms with van der Waals surface area (Å²) in [5.41, 5.74) is 1.21. The van der Waals surface area contributed by atoms with Crippen LogP contribution < -0.4 is 15.5 Å². The molecule has 38 heavy (non-hydrogen) atoms. The number of phenols is 1. The van der Waals surface area contributed by atoms with E-state index in [-0.39, 0.29) is 39.9 Å². The largest absolute Gasteiger partial charge is 0.508 e. The molecule has 3 amide bonds. The smallest absolute Gasteiger partial charge is 0.338 e. The number of anilines is 3. The van der Waals surface area contributed by atoms with Crippen LogP contribution >= 0.6 is 11.6 Å². The van der Waals surface area contributed by atoms with Gasteiger partial charge in [-0.3, -0.25) is 14.4 Å². The molecule has 3 aromatic rings. The molecule has 1 heterocycles. The lowest BCUT2D eigenvalue weighted by atomic mass is 10.1. The number of hydrogen-bond donors (Lipinski definition) is 3. The number of benzene rings is 3. The molecule has 1 aliphatic rings. The third-order valence-electron chi connectivity index (χ3n) is 5.60. The number of nitrogens with one attached hydrogen (secondary N) is 2. The number of unbranched alkanes of at least 4 members (excludes halogenated alkanes) is 1. The number of esters is 1. The number of carbonyl (C=O) groups excluding carboxylic acids is 4. The van der Waals surface area contributed by atoms with Crippen LogP contribution in [0.3, 0.4) is 0 Å². The third-order valence-corrected chi connectivity index (χ3v) is 5.95. The fourth-order valence-corrected chi connectivity index (χ4v) is 3.89. The Labute approximate surface area is 223 Å². The van der Waals surface area contributed by atoms with E-state index >= 15 is 0 Å². The van der Waals surface area contributed by atoms with E-state index in [1.54, 1.807) is 36.4 Å². The summed E-state index contributed by atoms with van der Waals surface area (Å²) >= 11 is 6.24. The highest BCUT2D eigenvalue weighted by Crippen LogP contribution is 2.31. The highest BCUT2D eigenvalue weighted by Gasteiger charge is 2.39. The first-order chi connectivity index (χ1) is 18.3. The minimum absolute atomic E-state index is 0.00712. The van der Waals surface area contributed by atoms with Crippen molar-refractivity contribution in [1.82, 2.24) is 0 Å². The Morgan fingerprint density at radius 1 is 0.921 bits per heavy atom. The molecule has 0 bridgehead atoms. The topological polar surface area (TPSA) is 125 Å². The normalized spacial score (nSPS) is 13.1. The first-order valence-electron chi connectivity index (χ1n) is 11.8. The number of imide groups is 1. The molecular formula is C28H24ClN3O6. The zero-order valence-electron chi connectivity index (χ0n) is 20.4. The van der Waals surface area contributed by atoms with Crippen molar-refractivity contribution in [3.05, 3.63) is 94.7 Å². The summed E-state index contributed by atoms with van der Waals surface area (Å²) in [7, 11) is 0. The molecule has 3 aromatic carbocycles. The Morgan fingerprint density at radius 2 is 1.63 bits per heavy atom. The van der Waals surface area contributed by atoms with E-state index in [4.69, 9.17) is 16.3 Å². The molecule has 0 fully saturated rings. The van der Waals surface area contributed by atoms with Crippen LogP contribution in [0.4, 0.5) is 17.1 Å². The van der Waals surface area contributed by atoms with E-state index in [1.165, 1.54) is 36.4 Å². The highest BCUT2D eigenvalue weighted by atomic mass is 35.5. The molecule has 0 saturated carbocycles. The number of nitrogens with zero attached hydrogens (tertiary/aromatic N) is 1. The molecule has 10 heteroatoms. The van der Waals surface area contributed by atoms with Crippen molar-refractivity contribution in [3.8, 4) is 5.75 Å². The molecule has 3 N–H and O–H groups in total.